The van der Waals surface area contributed by atoms with Gasteiger partial charge in [-0.1, -0.05) is 16.7 Å². The van der Waals surface area contributed by atoms with Crippen molar-refractivity contribution in [2.45, 2.75) is 38.7 Å². The minimum atomic E-state index is -0.392. The Kier molecular flexibility index (Phi) is 7.36. The first-order valence-corrected chi connectivity index (χ1v) is 11.7. The van der Waals surface area contributed by atoms with Gasteiger partial charge in [-0.25, -0.2) is 4.98 Å². The lowest BCUT2D eigenvalue weighted by Gasteiger charge is -2.24. The van der Waals surface area contributed by atoms with Crippen LogP contribution in [0.1, 0.15) is 41.7 Å². The first kappa shape index (κ1) is 23.3. The van der Waals surface area contributed by atoms with Crippen molar-refractivity contribution in [1.82, 2.24) is 20.2 Å². The molecule has 1 fully saturated rings. The van der Waals surface area contributed by atoms with Crippen LogP contribution in [-0.2, 0) is 0 Å². The number of rotatable bonds is 7. The summed E-state index contributed by atoms with van der Waals surface area (Å²) in [7, 11) is 1.53. The van der Waals surface area contributed by atoms with E-state index in [9.17, 15) is 9.90 Å². The average molecular weight is 490 g/mol. The van der Waals surface area contributed by atoms with Crippen molar-refractivity contribution >= 4 is 34.0 Å². The van der Waals surface area contributed by atoms with E-state index in [1.807, 2.05) is 6.92 Å². The number of nitrogens with one attached hydrogen (secondary N) is 1. The number of ether oxygens (including phenoxy) is 2. The van der Waals surface area contributed by atoms with Gasteiger partial charge in [0.05, 0.1) is 31.6 Å². The van der Waals surface area contributed by atoms with E-state index in [1.54, 1.807) is 12.1 Å². The molecule has 0 spiro atoms. The Morgan fingerprint density at radius 3 is 2.73 bits per heavy atom. The first-order chi connectivity index (χ1) is 15.9. The second kappa shape index (κ2) is 10.4. The fourth-order valence-electron chi connectivity index (χ4n) is 3.74. The zero-order chi connectivity index (χ0) is 23.4. The summed E-state index contributed by atoms with van der Waals surface area (Å²) in [5, 5.41) is 21.4. The number of pyridine rings is 2. The normalized spacial score (nSPS) is 18.1. The fourth-order valence-corrected chi connectivity index (χ4v) is 4.50. The number of carbonyl (C=O) groups excluding carboxylic acids is 1. The Labute approximate surface area is 200 Å². The lowest BCUT2D eigenvalue weighted by molar-refractivity contribution is 0.0915. The molecule has 2 N–H and O–H groups in total. The Morgan fingerprint density at radius 2 is 1.97 bits per heavy atom. The number of hydrogen-bond donors (Lipinski definition) is 2. The van der Waals surface area contributed by atoms with Crippen LogP contribution in [-0.4, -0.2) is 51.0 Å². The van der Waals surface area contributed by atoms with Gasteiger partial charge in [0.25, 0.3) is 11.1 Å². The molecule has 1 saturated carbocycles. The molecule has 4 rings (SSSR count). The summed E-state index contributed by atoms with van der Waals surface area (Å²) in [4.78, 5) is 21.4. The molecule has 0 unspecified atom stereocenters. The minimum absolute atomic E-state index is 0.200. The Balaban J connectivity index is 1.48. The van der Waals surface area contributed by atoms with Crippen LogP contribution in [0, 0.1) is 12.8 Å². The van der Waals surface area contributed by atoms with E-state index in [0.29, 0.717) is 45.3 Å². The highest BCUT2D eigenvalue weighted by Gasteiger charge is 2.22. The molecule has 9 nitrogen and oxygen atoms in total. The number of aliphatic hydroxyl groups is 1. The topological polar surface area (TPSA) is 119 Å². The summed E-state index contributed by atoms with van der Waals surface area (Å²) < 4.78 is 11.2. The average Bonchev–Trinajstić information content (AvgIpc) is 3.25. The standard InChI is InChI=1S/C22H24ClN5O4S/c1-12-7-15(16-8-19(23)25-10-18(16)31-2)17(9-24-12)20(30)26-21-27-28-22(33-21)32-11-13-3-5-14(29)6-4-13/h7-10,13-14,29H,3-6,11H2,1-2H3,(H,26,27,30). The molecule has 0 aromatic carbocycles. The molecule has 1 amide bonds. The Bertz CT molecular complexity index is 1130. The summed E-state index contributed by atoms with van der Waals surface area (Å²) in [6, 6.07) is 3.44. The van der Waals surface area contributed by atoms with Crippen molar-refractivity contribution in [3.05, 3.63) is 40.9 Å². The number of aryl methyl sites for hydroxylation is 1. The van der Waals surface area contributed by atoms with Crippen molar-refractivity contribution in [2.24, 2.45) is 5.92 Å². The van der Waals surface area contributed by atoms with Crippen LogP contribution in [0.15, 0.2) is 24.5 Å². The smallest absolute Gasteiger partial charge is 0.295 e. The highest BCUT2D eigenvalue weighted by atomic mass is 35.5. The molecule has 11 heteroatoms. The summed E-state index contributed by atoms with van der Waals surface area (Å²) in [6.45, 7) is 2.35. The van der Waals surface area contributed by atoms with E-state index in [4.69, 9.17) is 21.1 Å². The van der Waals surface area contributed by atoms with E-state index in [-0.39, 0.29) is 11.3 Å². The summed E-state index contributed by atoms with van der Waals surface area (Å²) in [5.41, 5.74) is 2.31. The van der Waals surface area contributed by atoms with Crippen LogP contribution in [0.25, 0.3) is 11.1 Å². The van der Waals surface area contributed by atoms with Crippen LogP contribution < -0.4 is 14.8 Å². The molecule has 0 radical (unpaired) electrons. The predicted octanol–water partition coefficient (Wildman–Crippen LogP) is 4.15. The van der Waals surface area contributed by atoms with Gasteiger partial charge in [-0.2, -0.15) is 0 Å². The van der Waals surface area contributed by atoms with Crippen molar-refractivity contribution < 1.29 is 19.4 Å². The van der Waals surface area contributed by atoms with Gasteiger partial charge in [-0.05, 0) is 62.0 Å². The van der Waals surface area contributed by atoms with E-state index < -0.39 is 5.91 Å². The molecule has 3 heterocycles. The van der Waals surface area contributed by atoms with Crippen molar-refractivity contribution in [1.29, 1.82) is 0 Å². The Hall–Kier alpha value is -2.82. The molecule has 3 aromatic rings. The number of aromatic nitrogens is 4. The third kappa shape index (κ3) is 5.76. The van der Waals surface area contributed by atoms with Crippen LogP contribution in [0.3, 0.4) is 0 Å². The molecule has 0 atom stereocenters. The first-order valence-electron chi connectivity index (χ1n) is 10.5. The maximum atomic E-state index is 13.1. The predicted molar refractivity (Wildman–Crippen MR) is 125 cm³/mol. The highest BCUT2D eigenvalue weighted by molar-refractivity contribution is 7.17. The largest absolute Gasteiger partial charge is 0.494 e. The van der Waals surface area contributed by atoms with Gasteiger partial charge in [0.1, 0.15) is 10.9 Å². The molecule has 0 aliphatic heterocycles. The number of aliphatic hydroxyl groups excluding tert-OH is 1. The van der Waals surface area contributed by atoms with Gasteiger partial charge in [-0.15, -0.1) is 5.10 Å². The van der Waals surface area contributed by atoms with E-state index in [1.165, 1.54) is 19.5 Å². The van der Waals surface area contributed by atoms with Crippen molar-refractivity contribution in [2.75, 3.05) is 19.0 Å². The summed E-state index contributed by atoms with van der Waals surface area (Å²) in [5.74, 6) is 0.482. The number of halogens is 1. The highest BCUT2D eigenvalue weighted by Crippen LogP contribution is 2.34. The third-order valence-corrected chi connectivity index (χ3v) is 6.47. The van der Waals surface area contributed by atoms with Crippen LogP contribution in [0.2, 0.25) is 5.15 Å². The number of methoxy groups -OCH3 is 1. The molecule has 0 saturated heterocycles. The van der Waals surface area contributed by atoms with Crippen molar-refractivity contribution in [3.8, 4) is 22.1 Å². The molecule has 1 aliphatic carbocycles. The number of amides is 1. The van der Waals surface area contributed by atoms with Gasteiger partial charge < -0.3 is 14.6 Å². The Morgan fingerprint density at radius 1 is 1.18 bits per heavy atom. The van der Waals surface area contributed by atoms with E-state index in [0.717, 1.165) is 42.7 Å². The van der Waals surface area contributed by atoms with Crippen LogP contribution in [0.5, 0.6) is 10.9 Å². The number of carbonyl (C=O) groups is 1. The zero-order valence-corrected chi connectivity index (χ0v) is 19.8. The third-order valence-electron chi connectivity index (χ3n) is 5.52. The monoisotopic (exact) mass is 489 g/mol. The van der Waals surface area contributed by atoms with E-state index in [2.05, 4.69) is 25.5 Å². The van der Waals surface area contributed by atoms with Gasteiger partial charge in [-0.3, -0.25) is 15.1 Å². The SMILES string of the molecule is COc1cnc(Cl)cc1-c1cc(C)ncc1C(=O)Nc1nnc(OCC2CCC(O)CC2)s1. The minimum Gasteiger partial charge on any atom is -0.494 e. The lowest BCUT2D eigenvalue weighted by Crippen LogP contribution is -2.22. The van der Waals surface area contributed by atoms with Crippen molar-refractivity contribution in [3.63, 3.8) is 0 Å². The molecule has 174 valence electrons. The molecular weight excluding hydrogens is 466 g/mol. The number of nitrogens with zero attached hydrogens (tertiary/aromatic N) is 4. The van der Waals surface area contributed by atoms with Gasteiger partial charge in [0, 0.05) is 23.0 Å². The van der Waals surface area contributed by atoms with Crippen LogP contribution in [0.4, 0.5) is 5.13 Å². The molecule has 33 heavy (non-hydrogen) atoms. The maximum absolute atomic E-state index is 13.1. The number of hydrogen-bond acceptors (Lipinski definition) is 9. The number of anilines is 1. The molecule has 0 bridgehead atoms. The van der Waals surface area contributed by atoms with Crippen LogP contribution >= 0.6 is 22.9 Å². The molecule has 1 aliphatic rings. The second-order valence-corrected chi connectivity index (χ2v) is 9.22. The summed E-state index contributed by atoms with van der Waals surface area (Å²) >= 11 is 7.25. The second-order valence-electron chi connectivity index (χ2n) is 7.89. The van der Waals surface area contributed by atoms with Gasteiger partial charge >= 0.3 is 0 Å². The zero-order valence-electron chi connectivity index (χ0n) is 18.2. The quantitative estimate of drug-likeness (QED) is 0.475. The molecule has 3 aromatic heterocycles. The maximum Gasteiger partial charge on any atom is 0.295 e. The van der Waals surface area contributed by atoms with Gasteiger partial charge in [0.2, 0.25) is 5.13 Å². The fraction of sp³-hybridized carbons (Fsp3) is 0.409. The lowest BCUT2D eigenvalue weighted by atomic mass is 9.88. The molecular formula is C22H24ClN5O4S. The van der Waals surface area contributed by atoms with E-state index >= 15 is 0 Å². The summed E-state index contributed by atoms with van der Waals surface area (Å²) in [6.07, 6.45) is 6.26. The van der Waals surface area contributed by atoms with Gasteiger partial charge in [0.15, 0.2) is 0 Å².